The van der Waals surface area contributed by atoms with E-state index < -0.39 is 5.97 Å². The number of benzene rings is 3. The Hall–Kier alpha value is -4.84. The molecule has 1 aromatic heterocycles. The topological polar surface area (TPSA) is 121 Å². The maximum absolute atomic E-state index is 11.7. The van der Waals surface area contributed by atoms with Crippen LogP contribution in [0.4, 0.5) is 11.5 Å². The van der Waals surface area contributed by atoms with E-state index in [9.17, 15) is 15.2 Å². The van der Waals surface area contributed by atoms with Crippen LogP contribution in [-0.4, -0.2) is 35.3 Å². The zero-order valence-corrected chi connectivity index (χ0v) is 21.6. The summed E-state index contributed by atoms with van der Waals surface area (Å²) in [5.41, 5.74) is 6.18. The summed E-state index contributed by atoms with van der Waals surface area (Å²) < 4.78 is 10.9. The van der Waals surface area contributed by atoms with Gasteiger partial charge in [0.15, 0.2) is 23.0 Å². The van der Waals surface area contributed by atoms with Crippen LogP contribution in [0.2, 0.25) is 0 Å². The summed E-state index contributed by atoms with van der Waals surface area (Å²) in [7, 11) is 3.21. The lowest BCUT2D eigenvalue weighted by molar-refractivity contribution is 0.0698. The monoisotopic (exact) mass is 509 g/mol. The van der Waals surface area contributed by atoms with Gasteiger partial charge in [0, 0.05) is 24.3 Å². The van der Waals surface area contributed by atoms with Gasteiger partial charge in [0.25, 0.3) is 0 Å². The van der Waals surface area contributed by atoms with Gasteiger partial charge >= 0.3 is 5.97 Å². The highest BCUT2D eigenvalue weighted by atomic mass is 16.5. The first-order chi connectivity index (χ1) is 18.3. The van der Waals surface area contributed by atoms with Crippen molar-refractivity contribution in [1.29, 1.82) is 5.26 Å². The van der Waals surface area contributed by atoms with Crippen LogP contribution in [0.15, 0.2) is 48.5 Å². The third-order valence-electron chi connectivity index (χ3n) is 6.76. The zero-order valence-electron chi connectivity index (χ0n) is 21.6. The minimum absolute atomic E-state index is 0.190. The molecule has 0 saturated heterocycles. The number of methoxy groups -OCH3 is 2. The van der Waals surface area contributed by atoms with E-state index in [1.54, 1.807) is 38.5 Å². The highest BCUT2D eigenvalue weighted by Gasteiger charge is 2.27. The lowest BCUT2D eigenvalue weighted by Crippen LogP contribution is -2.19. The third kappa shape index (κ3) is 4.41. The van der Waals surface area contributed by atoms with Crippen LogP contribution in [0.5, 0.6) is 11.5 Å². The van der Waals surface area contributed by atoms with Gasteiger partial charge in [-0.1, -0.05) is 18.2 Å². The maximum Gasteiger partial charge on any atom is 0.337 e. The van der Waals surface area contributed by atoms with Gasteiger partial charge in [0.2, 0.25) is 0 Å². The van der Waals surface area contributed by atoms with Gasteiger partial charge < -0.3 is 24.8 Å². The molecule has 0 saturated carbocycles. The molecule has 0 amide bonds. The van der Waals surface area contributed by atoms with E-state index in [4.69, 9.17) is 14.5 Å². The quantitative estimate of drug-likeness (QED) is 0.345. The molecule has 1 atom stereocenters. The van der Waals surface area contributed by atoms with Gasteiger partial charge in [-0.15, -0.1) is 0 Å². The van der Waals surface area contributed by atoms with Crippen LogP contribution >= 0.6 is 0 Å². The van der Waals surface area contributed by atoms with Crippen molar-refractivity contribution in [3.8, 4) is 17.6 Å². The Balaban J connectivity index is 1.57. The maximum atomic E-state index is 11.7. The van der Waals surface area contributed by atoms with Crippen molar-refractivity contribution < 1.29 is 19.4 Å². The second kappa shape index (κ2) is 9.90. The number of hydrogen-bond acceptors (Lipinski definition) is 8. The molecule has 4 aromatic rings. The van der Waals surface area contributed by atoms with E-state index in [0.717, 1.165) is 22.3 Å². The molecule has 0 radical (unpaired) electrons. The number of carboxylic acids is 1. The smallest absolute Gasteiger partial charge is 0.337 e. The van der Waals surface area contributed by atoms with Crippen molar-refractivity contribution in [2.45, 2.75) is 33.0 Å². The molecule has 1 aliphatic heterocycles. The lowest BCUT2D eigenvalue weighted by atomic mass is 10.0. The molecular weight excluding hydrogens is 482 g/mol. The number of ether oxygens (including phenoxy) is 2. The molecule has 9 heteroatoms. The van der Waals surface area contributed by atoms with Crippen molar-refractivity contribution in [1.82, 2.24) is 9.97 Å². The van der Waals surface area contributed by atoms with Gasteiger partial charge in [-0.2, -0.15) is 5.26 Å². The number of nitrogens with zero attached hydrogens (tertiary/aromatic N) is 4. The number of hydrogen-bond donors (Lipinski definition) is 2. The molecule has 38 heavy (non-hydrogen) atoms. The van der Waals surface area contributed by atoms with Crippen molar-refractivity contribution in [2.75, 3.05) is 24.4 Å². The standard InChI is InChI=1S/C29H27N5O4/c1-16-9-21(17(2)31-22-8-6-5-7-20(22)29(35)36)27-23(10-16)32-24(13-30)28(33-27)34-14-18-11-25(37-3)26(38-4)12-19(18)15-34/h5-12,17,31H,14-15H2,1-4H3,(H,35,36)/t17-/m1/s1. The molecule has 0 spiro atoms. The average molecular weight is 510 g/mol. The number of aromatic nitrogens is 2. The average Bonchev–Trinajstić information content (AvgIpc) is 3.33. The fourth-order valence-corrected chi connectivity index (χ4v) is 4.93. The first kappa shape index (κ1) is 24.8. The van der Waals surface area contributed by atoms with Gasteiger partial charge in [0.05, 0.1) is 36.9 Å². The lowest BCUT2D eigenvalue weighted by Gasteiger charge is -2.22. The summed E-state index contributed by atoms with van der Waals surface area (Å²) in [6, 6.07) is 16.6. The Bertz CT molecular complexity index is 1580. The molecule has 0 bridgehead atoms. The molecule has 2 N–H and O–H groups in total. The number of carbonyl (C=O) groups is 1. The predicted molar refractivity (Wildman–Crippen MR) is 144 cm³/mol. The molecule has 5 rings (SSSR count). The summed E-state index contributed by atoms with van der Waals surface area (Å²) in [5.74, 6) is 0.796. The van der Waals surface area contributed by atoms with E-state index in [1.807, 2.05) is 43.0 Å². The normalized spacial score (nSPS) is 13.1. The van der Waals surface area contributed by atoms with Crippen LogP contribution in [0.3, 0.4) is 0 Å². The summed E-state index contributed by atoms with van der Waals surface area (Å²) in [5, 5.41) is 22.9. The predicted octanol–water partition coefficient (Wildman–Crippen LogP) is 5.22. The van der Waals surface area contributed by atoms with Crippen LogP contribution in [0.1, 0.15) is 51.3 Å². The van der Waals surface area contributed by atoms with Crippen molar-refractivity contribution in [3.63, 3.8) is 0 Å². The fraction of sp³-hybridized carbons (Fsp3) is 0.241. The third-order valence-corrected chi connectivity index (χ3v) is 6.76. The van der Waals surface area contributed by atoms with Gasteiger partial charge in [0.1, 0.15) is 6.07 Å². The number of nitrogens with one attached hydrogen (secondary N) is 1. The number of rotatable bonds is 7. The van der Waals surface area contributed by atoms with Gasteiger partial charge in [-0.3, -0.25) is 0 Å². The molecule has 0 fully saturated rings. The Labute approximate surface area is 220 Å². The molecule has 0 aliphatic carbocycles. The number of para-hydroxylation sites is 1. The van der Waals surface area contributed by atoms with Crippen LogP contribution < -0.4 is 19.7 Å². The highest BCUT2D eigenvalue weighted by Crippen LogP contribution is 2.38. The molecule has 192 valence electrons. The molecule has 0 unspecified atom stereocenters. The van der Waals surface area contributed by atoms with Crippen LogP contribution in [-0.2, 0) is 13.1 Å². The Kier molecular flexibility index (Phi) is 6.47. The first-order valence-electron chi connectivity index (χ1n) is 12.1. The number of fused-ring (bicyclic) bond motifs is 2. The van der Waals surface area contributed by atoms with E-state index >= 15 is 0 Å². The van der Waals surface area contributed by atoms with Gasteiger partial charge in [-0.25, -0.2) is 14.8 Å². The van der Waals surface area contributed by atoms with E-state index in [0.29, 0.717) is 47.1 Å². The molecule has 3 aromatic carbocycles. The summed E-state index contributed by atoms with van der Waals surface area (Å²) >= 11 is 0. The minimum atomic E-state index is -1.00. The Morgan fingerprint density at radius 3 is 2.34 bits per heavy atom. The number of aromatic carboxylic acids is 1. The SMILES string of the molecule is COc1cc2c(cc1OC)CN(c1nc3c([C@@H](C)Nc4ccccc4C(=O)O)cc(C)cc3nc1C#N)C2. The van der Waals surface area contributed by atoms with E-state index in [2.05, 4.69) is 16.4 Å². The fourth-order valence-electron chi connectivity index (χ4n) is 4.93. The van der Waals surface area contributed by atoms with E-state index in [1.165, 1.54) is 0 Å². The Morgan fingerprint density at radius 1 is 1.08 bits per heavy atom. The van der Waals surface area contributed by atoms with Crippen molar-refractivity contribution in [2.24, 2.45) is 0 Å². The summed E-state index contributed by atoms with van der Waals surface area (Å²) in [6.07, 6.45) is 0. The minimum Gasteiger partial charge on any atom is -0.493 e. The van der Waals surface area contributed by atoms with Crippen LogP contribution in [0.25, 0.3) is 11.0 Å². The number of anilines is 2. The molecular formula is C29H27N5O4. The first-order valence-corrected chi connectivity index (χ1v) is 12.1. The summed E-state index contributed by atoms with van der Waals surface area (Å²) in [4.78, 5) is 23.4. The zero-order chi connectivity index (χ0) is 27.0. The Morgan fingerprint density at radius 2 is 1.74 bits per heavy atom. The number of aryl methyl sites for hydroxylation is 1. The second-order valence-electron chi connectivity index (χ2n) is 9.28. The van der Waals surface area contributed by atoms with Crippen molar-refractivity contribution in [3.05, 3.63) is 82.0 Å². The van der Waals surface area contributed by atoms with E-state index in [-0.39, 0.29) is 17.3 Å². The largest absolute Gasteiger partial charge is 0.493 e. The molecule has 1 aliphatic rings. The molecule has 2 heterocycles. The molecule has 9 nitrogen and oxygen atoms in total. The van der Waals surface area contributed by atoms with Gasteiger partial charge in [-0.05, 0) is 60.9 Å². The van der Waals surface area contributed by atoms with Crippen LogP contribution in [0, 0.1) is 18.3 Å². The summed E-state index contributed by atoms with van der Waals surface area (Å²) in [6.45, 7) is 5.01. The number of nitriles is 1. The van der Waals surface area contributed by atoms with Crippen molar-refractivity contribution >= 4 is 28.5 Å². The highest BCUT2D eigenvalue weighted by molar-refractivity contribution is 5.94. The second-order valence-corrected chi connectivity index (χ2v) is 9.28. The number of carboxylic acid groups (broad SMARTS) is 1.